The molecule has 0 bridgehead atoms. The van der Waals surface area contributed by atoms with Gasteiger partial charge in [0.2, 0.25) is 5.91 Å². The number of carbonyl (C=O) groups excluding carboxylic acids is 1. The zero-order chi connectivity index (χ0) is 17.1. The first-order valence-corrected chi connectivity index (χ1v) is 10.9. The zero-order valence-electron chi connectivity index (χ0n) is 13.6. The molecule has 1 N–H and O–H groups in total. The maximum Gasteiger partial charge on any atom is 0.230 e. The largest absolute Gasteiger partial charge is 0.353 e. The summed E-state index contributed by atoms with van der Waals surface area (Å²) in [6.45, 7) is 1.70. The van der Waals surface area contributed by atoms with Crippen molar-refractivity contribution < 1.29 is 4.79 Å². The first-order chi connectivity index (χ1) is 12.3. The maximum absolute atomic E-state index is 12.2. The van der Waals surface area contributed by atoms with E-state index in [0.29, 0.717) is 18.3 Å². The molecule has 8 heteroatoms. The van der Waals surface area contributed by atoms with Crippen molar-refractivity contribution in [3.8, 4) is 0 Å². The molecule has 130 valence electrons. The number of thioether (sulfide) groups is 1. The molecule has 1 aliphatic rings. The monoisotopic (exact) mass is 390 g/mol. The lowest BCUT2D eigenvalue weighted by Crippen LogP contribution is -2.40. The number of nitrogens with zero attached hydrogens (tertiary/aromatic N) is 3. The lowest BCUT2D eigenvalue weighted by atomic mass is 10.2. The molecule has 25 heavy (non-hydrogen) atoms. The van der Waals surface area contributed by atoms with Gasteiger partial charge in [0.25, 0.3) is 0 Å². The van der Waals surface area contributed by atoms with Crippen LogP contribution in [-0.4, -0.2) is 40.8 Å². The predicted molar refractivity (Wildman–Crippen MR) is 106 cm³/mol. The zero-order valence-corrected chi connectivity index (χ0v) is 16.0. The minimum atomic E-state index is 0.0650. The van der Waals surface area contributed by atoms with Gasteiger partial charge in [0.1, 0.15) is 0 Å². The van der Waals surface area contributed by atoms with Crippen LogP contribution in [-0.2, 0) is 4.79 Å². The van der Waals surface area contributed by atoms with Gasteiger partial charge in [0, 0.05) is 30.7 Å². The molecule has 1 atom stereocenters. The van der Waals surface area contributed by atoms with Gasteiger partial charge in [-0.25, -0.2) is 9.97 Å². The third kappa shape index (κ3) is 3.96. The molecule has 5 nitrogen and oxygen atoms in total. The number of rotatable bonds is 6. The molecule has 1 unspecified atom stereocenters. The van der Waals surface area contributed by atoms with Crippen molar-refractivity contribution in [3.05, 3.63) is 35.8 Å². The molecular weight excluding hydrogens is 372 g/mol. The molecule has 0 aliphatic carbocycles. The fourth-order valence-corrected chi connectivity index (χ4v) is 5.62. The van der Waals surface area contributed by atoms with E-state index in [1.54, 1.807) is 22.7 Å². The lowest BCUT2D eigenvalue weighted by Gasteiger charge is -2.24. The molecule has 1 fully saturated rings. The average molecular weight is 391 g/mol. The van der Waals surface area contributed by atoms with Crippen LogP contribution in [0.3, 0.4) is 0 Å². The molecule has 0 radical (unpaired) electrons. The second-order valence-corrected chi connectivity index (χ2v) is 8.97. The highest BCUT2D eigenvalue weighted by atomic mass is 32.2. The van der Waals surface area contributed by atoms with Crippen LogP contribution in [0.15, 0.2) is 40.2 Å². The summed E-state index contributed by atoms with van der Waals surface area (Å²) in [4.78, 5) is 23.5. The number of nitrogens with one attached hydrogen (secondary N) is 1. The van der Waals surface area contributed by atoms with Crippen LogP contribution in [0, 0.1) is 0 Å². The summed E-state index contributed by atoms with van der Waals surface area (Å²) in [5.41, 5.74) is 1.00. The summed E-state index contributed by atoms with van der Waals surface area (Å²) in [5.74, 6) is 0.472. The van der Waals surface area contributed by atoms with E-state index < -0.39 is 0 Å². The molecule has 4 rings (SSSR count). The summed E-state index contributed by atoms with van der Waals surface area (Å²) in [7, 11) is 0. The van der Waals surface area contributed by atoms with Crippen molar-refractivity contribution in [1.29, 1.82) is 0 Å². The number of para-hydroxylation sites is 1. The van der Waals surface area contributed by atoms with E-state index in [9.17, 15) is 4.79 Å². The molecule has 1 amide bonds. The van der Waals surface area contributed by atoms with Gasteiger partial charge in [0.15, 0.2) is 9.47 Å². The van der Waals surface area contributed by atoms with Gasteiger partial charge in [0.05, 0.1) is 16.0 Å². The van der Waals surface area contributed by atoms with E-state index in [4.69, 9.17) is 0 Å². The van der Waals surface area contributed by atoms with E-state index in [2.05, 4.69) is 26.3 Å². The standard InChI is InChI=1S/C17H18N4OS3/c22-15(11-24-17-20-13-5-1-2-6-14(13)25-17)19-10-12-4-3-8-21(12)16-18-7-9-23-16/h1-2,5-7,9,12H,3-4,8,10-11H2,(H,19,22). The quantitative estimate of drug-likeness (QED) is 0.652. The fraction of sp³-hybridized carbons (Fsp3) is 0.353. The summed E-state index contributed by atoms with van der Waals surface area (Å²) in [5, 5.41) is 6.13. The molecule has 0 saturated carbocycles. The maximum atomic E-state index is 12.2. The number of carbonyl (C=O) groups is 1. The first kappa shape index (κ1) is 16.8. The highest BCUT2D eigenvalue weighted by molar-refractivity contribution is 8.01. The van der Waals surface area contributed by atoms with E-state index in [1.807, 2.05) is 29.8 Å². The smallest absolute Gasteiger partial charge is 0.230 e. The van der Waals surface area contributed by atoms with Crippen LogP contribution in [0.25, 0.3) is 10.2 Å². The molecular formula is C17H18N4OS3. The number of benzene rings is 1. The highest BCUT2D eigenvalue weighted by Crippen LogP contribution is 2.29. The van der Waals surface area contributed by atoms with Crippen LogP contribution in [0.4, 0.5) is 5.13 Å². The van der Waals surface area contributed by atoms with Crippen molar-refractivity contribution >= 4 is 55.7 Å². The van der Waals surface area contributed by atoms with Crippen molar-refractivity contribution in [2.75, 3.05) is 23.7 Å². The number of hydrogen-bond donors (Lipinski definition) is 1. The number of aromatic nitrogens is 2. The minimum absolute atomic E-state index is 0.0650. The van der Waals surface area contributed by atoms with Crippen molar-refractivity contribution in [1.82, 2.24) is 15.3 Å². The van der Waals surface area contributed by atoms with E-state index in [1.165, 1.54) is 11.8 Å². The van der Waals surface area contributed by atoms with E-state index >= 15 is 0 Å². The molecule has 1 aliphatic heterocycles. The Hall–Kier alpha value is -1.64. The highest BCUT2D eigenvalue weighted by Gasteiger charge is 2.26. The number of amides is 1. The number of hydrogen-bond acceptors (Lipinski definition) is 7. The second kappa shape index (κ2) is 7.72. The molecule has 3 heterocycles. The fourth-order valence-electron chi connectivity index (χ4n) is 2.98. The van der Waals surface area contributed by atoms with Crippen LogP contribution >= 0.6 is 34.4 Å². The topological polar surface area (TPSA) is 58.1 Å². The molecule has 0 spiro atoms. The van der Waals surface area contributed by atoms with E-state index in [0.717, 1.165) is 39.1 Å². The number of thiazole rings is 2. The minimum Gasteiger partial charge on any atom is -0.353 e. The third-order valence-electron chi connectivity index (χ3n) is 4.18. The first-order valence-electron chi connectivity index (χ1n) is 8.21. The van der Waals surface area contributed by atoms with Crippen LogP contribution in [0.1, 0.15) is 12.8 Å². The van der Waals surface area contributed by atoms with Gasteiger partial charge in [-0.05, 0) is 25.0 Å². The third-order valence-corrected chi connectivity index (χ3v) is 7.17. The summed E-state index contributed by atoms with van der Waals surface area (Å²) >= 11 is 4.80. The number of anilines is 1. The Morgan fingerprint density at radius 2 is 2.32 bits per heavy atom. The normalized spacial score (nSPS) is 17.3. The Bertz CT molecular complexity index is 816. The molecule has 1 aromatic carbocycles. The summed E-state index contributed by atoms with van der Waals surface area (Å²) in [6.07, 6.45) is 4.09. The van der Waals surface area contributed by atoms with Crippen molar-refractivity contribution in [2.24, 2.45) is 0 Å². The molecule has 3 aromatic rings. The van der Waals surface area contributed by atoms with Gasteiger partial charge in [-0.3, -0.25) is 4.79 Å². The van der Waals surface area contributed by atoms with Crippen molar-refractivity contribution in [2.45, 2.75) is 23.2 Å². The predicted octanol–water partition coefficient (Wildman–Crippen LogP) is 3.63. The Morgan fingerprint density at radius 3 is 3.16 bits per heavy atom. The summed E-state index contributed by atoms with van der Waals surface area (Å²) < 4.78 is 2.11. The van der Waals surface area contributed by atoms with Crippen LogP contribution in [0.5, 0.6) is 0 Å². The Balaban J connectivity index is 1.27. The van der Waals surface area contributed by atoms with Gasteiger partial charge in [-0.15, -0.1) is 22.7 Å². The summed E-state index contributed by atoms with van der Waals surface area (Å²) in [6, 6.07) is 8.41. The molecule has 2 aromatic heterocycles. The Labute approximate surface area is 158 Å². The lowest BCUT2D eigenvalue weighted by molar-refractivity contribution is -0.118. The van der Waals surface area contributed by atoms with Crippen LogP contribution < -0.4 is 10.2 Å². The van der Waals surface area contributed by atoms with Gasteiger partial charge >= 0.3 is 0 Å². The van der Waals surface area contributed by atoms with Gasteiger partial charge in [-0.2, -0.15) is 0 Å². The number of fused-ring (bicyclic) bond motifs is 1. The van der Waals surface area contributed by atoms with Crippen LogP contribution in [0.2, 0.25) is 0 Å². The SMILES string of the molecule is O=C(CSc1nc2ccccc2s1)NCC1CCCN1c1nccs1. The van der Waals surface area contributed by atoms with Crippen molar-refractivity contribution in [3.63, 3.8) is 0 Å². The van der Waals surface area contributed by atoms with Gasteiger partial charge in [-0.1, -0.05) is 23.9 Å². The Kier molecular flexibility index (Phi) is 5.19. The average Bonchev–Trinajstić information content (AvgIpc) is 3.37. The van der Waals surface area contributed by atoms with E-state index in [-0.39, 0.29) is 5.91 Å². The molecule has 1 saturated heterocycles. The Morgan fingerprint density at radius 1 is 1.40 bits per heavy atom. The second-order valence-electron chi connectivity index (χ2n) is 5.84. The van der Waals surface area contributed by atoms with Gasteiger partial charge < -0.3 is 10.2 Å².